The minimum absolute atomic E-state index is 0.299. The minimum Gasteiger partial charge on any atom is -0.399 e. The Bertz CT molecular complexity index is 230. The van der Waals surface area contributed by atoms with Crippen LogP contribution in [0.4, 0.5) is 13.2 Å². The minimum atomic E-state index is -4.16. The van der Waals surface area contributed by atoms with Gasteiger partial charge < -0.3 is 11.1 Å². The van der Waals surface area contributed by atoms with E-state index >= 15 is 0 Å². The Kier molecular flexibility index (Phi) is 2.98. The van der Waals surface area contributed by atoms with Gasteiger partial charge in [-0.2, -0.15) is 13.2 Å². The van der Waals surface area contributed by atoms with E-state index in [1.165, 1.54) is 0 Å². The summed E-state index contributed by atoms with van der Waals surface area (Å²) < 4.78 is 35.3. The predicted octanol–water partition coefficient (Wildman–Crippen LogP) is 1.31. The first kappa shape index (κ1) is 10.1. The number of halogens is 3. The van der Waals surface area contributed by atoms with Gasteiger partial charge in [-0.15, -0.1) is 0 Å². The van der Waals surface area contributed by atoms with Crippen LogP contribution in [0.1, 0.15) is 6.42 Å². The number of nitrogens with two attached hydrogens (primary N) is 1. The molecule has 2 nitrogen and oxygen atoms in total. The maximum atomic E-state index is 11.8. The largest absolute Gasteiger partial charge is 0.401 e. The van der Waals surface area contributed by atoms with Crippen molar-refractivity contribution in [1.29, 1.82) is 0 Å². The van der Waals surface area contributed by atoms with E-state index in [2.05, 4.69) is 5.32 Å². The van der Waals surface area contributed by atoms with Gasteiger partial charge in [0.05, 0.1) is 6.54 Å². The van der Waals surface area contributed by atoms with Crippen LogP contribution in [-0.2, 0) is 0 Å². The van der Waals surface area contributed by atoms with Crippen LogP contribution >= 0.6 is 0 Å². The predicted molar refractivity (Wildman–Crippen MR) is 43.9 cm³/mol. The van der Waals surface area contributed by atoms with Crippen LogP contribution in [0.3, 0.4) is 0 Å². The molecule has 0 bridgehead atoms. The van der Waals surface area contributed by atoms with Crippen LogP contribution in [0.2, 0.25) is 0 Å². The average Bonchev–Trinajstić information content (AvgIpc) is 2.00. The molecule has 0 aromatic rings. The van der Waals surface area contributed by atoms with Crippen LogP contribution in [0, 0.1) is 0 Å². The van der Waals surface area contributed by atoms with Crippen molar-refractivity contribution in [3.05, 3.63) is 23.9 Å². The molecular formula is C8H11F3N2. The molecule has 0 heterocycles. The highest BCUT2D eigenvalue weighted by atomic mass is 19.4. The highest BCUT2D eigenvalue weighted by molar-refractivity contribution is 5.22. The van der Waals surface area contributed by atoms with Crippen molar-refractivity contribution in [2.75, 3.05) is 6.54 Å². The Labute approximate surface area is 74.3 Å². The molecule has 0 aliphatic heterocycles. The zero-order chi connectivity index (χ0) is 9.90. The summed E-state index contributed by atoms with van der Waals surface area (Å²) >= 11 is 0. The smallest absolute Gasteiger partial charge is 0.399 e. The Hall–Kier alpha value is -0.970. The number of rotatable bonds is 2. The lowest BCUT2D eigenvalue weighted by Gasteiger charge is -2.17. The van der Waals surface area contributed by atoms with Crippen LogP contribution in [-0.4, -0.2) is 18.8 Å². The fourth-order valence-corrected chi connectivity index (χ4v) is 1.10. The van der Waals surface area contributed by atoms with Crippen LogP contribution in [0.25, 0.3) is 0 Å². The molecule has 1 aliphatic rings. The SMILES string of the molecule is NC1=CC(NCC(F)(F)F)CC=C1. The monoisotopic (exact) mass is 192 g/mol. The van der Waals surface area contributed by atoms with E-state index in [0.29, 0.717) is 12.1 Å². The molecule has 1 unspecified atom stereocenters. The molecular weight excluding hydrogens is 181 g/mol. The normalized spacial score (nSPS) is 23.0. The molecule has 74 valence electrons. The summed E-state index contributed by atoms with van der Waals surface area (Å²) in [4.78, 5) is 0. The topological polar surface area (TPSA) is 38.0 Å². The summed E-state index contributed by atoms with van der Waals surface area (Å²) in [6.07, 6.45) is 1.42. The molecule has 13 heavy (non-hydrogen) atoms. The van der Waals surface area contributed by atoms with Gasteiger partial charge in [-0.3, -0.25) is 0 Å². The molecule has 0 saturated carbocycles. The average molecular weight is 192 g/mol. The number of hydrogen-bond acceptors (Lipinski definition) is 2. The first-order valence-corrected chi connectivity index (χ1v) is 3.91. The Morgan fingerprint density at radius 3 is 2.77 bits per heavy atom. The second-order valence-corrected chi connectivity index (χ2v) is 2.91. The molecule has 0 fully saturated rings. The molecule has 5 heteroatoms. The maximum absolute atomic E-state index is 11.8. The molecule has 0 radical (unpaired) electrons. The van der Waals surface area contributed by atoms with Gasteiger partial charge >= 0.3 is 6.18 Å². The molecule has 1 atom stereocenters. The number of allylic oxidation sites excluding steroid dienone is 1. The molecule has 0 saturated heterocycles. The van der Waals surface area contributed by atoms with Gasteiger partial charge in [0.15, 0.2) is 0 Å². The zero-order valence-electron chi connectivity index (χ0n) is 6.93. The van der Waals surface area contributed by atoms with Crippen LogP contribution in [0.15, 0.2) is 23.9 Å². The number of hydrogen-bond donors (Lipinski definition) is 2. The van der Waals surface area contributed by atoms with Gasteiger partial charge in [-0.25, -0.2) is 0 Å². The van der Waals surface area contributed by atoms with Gasteiger partial charge in [-0.1, -0.05) is 6.08 Å². The lowest BCUT2D eigenvalue weighted by atomic mass is 10.1. The fourth-order valence-electron chi connectivity index (χ4n) is 1.10. The summed E-state index contributed by atoms with van der Waals surface area (Å²) in [7, 11) is 0. The van der Waals surface area contributed by atoms with Gasteiger partial charge in [0.1, 0.15) is 0 Å². The second kappa shape index (κ2) is 3.83. The first-order chi connectivity index (χ1) is 5.97. The van der Waals surface area contributed by atoms with Gasteiger partial charge in [0.2, 0.25) is 0 Å². The molecule has 0 amide bonds. The van der Waals surface area contributed by atoms with E-state index in [4.69, 9.17) is 5.73 Å². The molecule has 1 rings (SSSR count). The molecule has 0 spiro atoms. The summed E-state index contributed by atoms with van der Waals surface area (Å²) in [6.45, 7) is -0.977. The summed E-state index contributed by atoms with van der Waals surface area (Å²) in [5.74, 6) is 0. The molecule has 1 aliphatic carbocycles. The van der Waals surface area contributed by atoms with E-state index < -0.39 is 12.7 Å². The van der Waals surface area contributed by atoms with Gasteiger partial charge in [-0.05, 0) is 18.6 Å². The van der Waals surface area contributed by atoms with E-state index in [-0.39, 0.29) is 6.04 Å². The number of alkyl halides is 3. The molecule has 0 aromatic heterocycles. The first-order valence-electron chi connectivity index (χ1n) is 3.91. The van der Waals surface area contributed by atoms with Crippen molar-refractivity contribution in [1.82, 2.24) is 5.32 Å². The highest BCUT2D eigenvalue weighted by Gasteiger charge is 2.27. The Balaban J connectivity index is 2.35. The van der Waals surface area contributed by atoms with Gasteiger partial charge in [0, 0.05) is 11.7 Å². The van der Waals surface area contributed by atoms with E-state index in [1.807, 2.05) is 0 Å². The molecule has 0 aromatic carbocycles. The third-order valence-corrected chi connectivity index (χ3v) is 1.66. The second-order valence-electron chi connectivity index (χ2n) is 2.91. The lowest BCUT2D eigenvalue weighted by molar-refractivity contribution is -0.125. The van der Waals surface area contributed by atoms with E-state index in [1.54, 1.807) is 18.2 Å². The van der Waals surface area contributed by atoms with Crippen molar-refractivity contribution in [3.8, 4) is 0 Å². The van der Waals surface area contributed by atoms with Crippen molar-refractivity contribution in [3.63, 3.8) is 0 Å². The van der Waals surface area contributed by atoms with E-state index in [9.17, 15) is 13.2 Å². The standard InChI is InChI=1S/C8H11F3N2/c9-8(10,11)5-13-7-3-1-2-6(12)4-7/h1-2,4,7,13H,3,5,12H2. The zero-order valence-corrected chi connectivity index (χ0v) is 6.93. The third-order valence-electron chi connectivity index (χ3n) is 1.66. The van der Waals surface area contributed by atoms with Crippen molar-refractivity contribution >= 4 is 0 Å². The Morgan fingerprint density at radius 2 is 2.23 bits per heavy atom. The van der Waals surface area contributed by atoms with Gasteiger partial charge in [0.25, 0.3) is 0 Å². The Morgan fingerprint density at radius 1 is 1.54 bits per heavy atom. The summed E-state index contributed by atoms with van der Waals surface area (Å²) in [5.41, 5.74) is 5.92. The highest BCUT2D eigenvalue weighted by Crippen LogP contribution is 2.14. The van der Waals surface area contributed by atoms with Crippen LogP contribution < -0.4 is 11.1 Å². The van der Waals surface area contributed by atoms with E-state index in [0.717, 1.165) is 0 Å². The number of nitrogens with one attached hydrogen (secondary N) is 1. The quantitative estimate of drug-likeness (QED) is 0.692. The van der Waals surface area contributed by atoms with Crippen molar-refractivity contribution in [2.45, 2.75) is 18.6 Å². The summed E-state index contributed by atoms with van der Waals surface area (Å²) in [5, 5.41) is 2.36. The third kappa shape index (κ3) is 3.98. The van der Waals surface area contributed by atoms with Crippen molar-refractivity contribution < 1.29 is 13.2 Å². The van der Waals surface area contributed by atoms with Crippen LogP contribution in [0.5, 0.6) is 0 Å². The fraction of sp³-hybridized carbons (Fsp3) is 0.500. The molecule has 3 N–H and O–H groups in total. The van der Waals surface area contributed by atoms with Crippen molar-refractivity contribution in [2.24, 2.45) is 5.73 Å². The maximum Gasteiger partial charge on any atom is 0.401 e. The summed E-state index contributed by atoms with van der Waals surface area (Å²) in [6, 6.07) is -0.299. The lowest BCUT2D eigenvalue weighted by Crippen LogP contribution is -2.36.